The van der Waals surface area contributed by atoms with Crippen molar-refractivity contribution in [2.75, 3.05) is 0 Å². The van der Waals surface area contributed by atoms with Gasteiger partial charge in [0.15, 0.2) is 17.7 Å². The Morgan fingerprint density at radius 3 is 2.76 bits per heavy atom. The molecule has 1 atom stereocenters. The molecule has 2 aromatic rings. The molecule has 0 aliphatic rings. The maximum atomic E-state index is 13.6. The van der Waals surface area contributed by atoms with E-state index in [9.17, 15) is 14.0 Å². The van der Waals surface area contributed by atoms with Crippen LogP contribution in [-0.4, -0.2) is 27.7 Å². The van der Waals surface area contributed by atoms with Crippen LogP contribution in [0.25, 0.3) is 6.08 Å². The summed E-state index contributed by atoms with van der Waals surface area (Å²) in [4.78, 5) is 24.0. The van der Waals surface area contributed by atoms with Gasteiger partial charge in [-0.15, -0.1) is 0 Å². The number of hydrogen-bond acceptors (Lipinski definition) is 4. The molecule has 156 valence electrons. The minimum Gasteiger partial charge on any atom is -0.478 e. The molecule has 0 saturated carbocycles. The molecule has 29 heavy (non-hydrogen) atoms. The van der Waals surface area contributed by atoms with E-state index in [0.717, 1.165) is 12.8 Å². The van der Waals surface area contributed by atoms with E-state index in [2.05, 4.69) is 22.9 Å². The molecule has 1 aromatic heterocycles. The van der Waals surface area contributed by atoms with Crippen LogP contribution in [0.2, 0.25) is 5.15 Å². The fraction of sp³-hybridized carbons (Fsp3) is 0.350. The van der Waals surface area contributed by atoms with Crippen LogP contribution >= 0.6 is 11.6 Å². The first-order chi connectivity index (χ1) is 13.8. The number of ether oxygens (including phenoxy) is 1. The number of carbonyl (C=O) groups is 2. The van der Waals surface area contributed by atoms with Gasteiger partial charge in [-0.1, -0.05) is 37.1 Å². The molecule has 0 spiro atoms. The van der Waals surface area contributed by atoms with Crippen LogP contribution in [0, 0.1) is 12.7 Å². The molecule has 7 nitrogen and oxygen atoms in total. The molecular weight excluding hydrogens is 399 g/mol. The highest BCUT2D eigenvalue weighted by Gasteiger charge is 2.17. The first-order valence-electron chi connectivity index (χ1n) is 9.25. The van der Waals surface area contributed by atoms with Crippen LogP contribution in [-0.2, 0) is 16.1 Å². The van der Waals surface area contributed by atoms with Gasteiger partial charge in [-0.25, -0.2) is 4.39 Å². The van der Waals surface area contributed by atoms with Gasteiger partial charge in [0.05, 0.1) is 5.69 Å². The summed E-state index contributed by atoms with van der Waals surface area (Å²) in [5, 5.41) is 4.81. The van der Waals surface area contributed by atoms with Crippen molar-refractivity contribution >= 4 is 29.5 Å². The number of benzene rings is 1. The molecule has 1 heterocycles. The number of halogens is 2. The minimum absolute atomic E-state index is 0.0495. The van der Waals surface area contributed by atoms with E-state index >= 15 is 0 Å². The first-order valence-corrected chi connectivity index (χ1v) is 9.63. The van der Waals surface area contributed by atoms with E-state index in [-0.39, 0.29) is 5.75 Å². The first kappa shape index (κ1) is 22.4. The highest BCUT2D eigenvalue weighted by atomic mass is 35.5. The van der Waals surface area contributed by atoms with Gasteiger partial charge in [-0.3, -0.25) is 25.1 Å². The molecule has 0 saturated heterocycles. The van der Waals surface area contributed by atoms with Crippen molar-refractivity contribution in [2.45, 2.75) is 46.3 Å². The molecule has 2 N–H and O–H groups in total. The zero-order valence-electron chi connectivity index (χ0n) is 16.5. The Balaban J connectivity index is 1.88. The molecule has 0 aliphatic carbocycles. The van der Waals surface area contributed by atoms with Crippen LogP contribution in [0.15, 0.2) is 30.3 Å². The lowest BCUT2D eigenvalue weighted by Crippen LogP contribution is -2.46. The number of aryl methyl sites for hydroxylation is 2. The molecule has 1 unspecified atom stereocenters. The molecule has 0 fully saturated rings. The maximum absolute atomic E-state index is 13.6. The van der Waals surface area contributed by atoms with Gasteiger partial charge in [0.2, 0.25) is 0 Å². The predicted molar refractivity (Wildman–Crippen MR) is 109 cm³/mol. The van der Waals surface area contributed by atoms with Crippen LogP contribution in [0.3, 0.4) is 0 Å². The minimum atomic E-state index is -1.01. The van der Waals surface area contributed by atoms with Crippen molar-refractivity contribution in [1.82, 2.24) is 20.6 Å². The van der Waals surface area contributed by atoms with E-state index < -0.39 is 23.7 Å². The van der Waals surface area contributed by atoms with Crippen LogP contribution in [0.5, 0.6) is 5.75 Å². The largest absolute Gasteiger partial charge is 0.478 e. The Morgan fingerprint density at radius 2 is 2.07 bits per heavy atom. The number of hydrogen-bond donors (Lipinski definition) is 2. The lowest BCUT2D eigenvalue weighted by molar-refractivity contribution is -0.131. The summed E-state index contributed by atoms with van der Waals surface area (Å²) in [5.41, 5.74) is 5.81. The van der Waals surface area contributed by atoms with Gasteiger partial charge in [-0.2, -0.15) is 5.10 Å². The maximum Gasteiger partial charge on any atom is 0.279 e. The molecule has 0 radical (unpaired) electrons. The van der Waals surface area contributed by atoms with Crippen LogP contribution in [0.1, 0.15) is 37.9 Å². The van der Waals surface area contributed by atoms with Crippen molar-refractivity contribution in [3.05, 3.63) is 52.6 Å². The number of para-hydroxylation sites is 1. The highest BCUT2D eigenvalue weighted by Crippen LogP contribution is 2.21. The summed E-state index contributed by atoms with van der Waals surface area (Å²) in [7, 11) is 0. The third kappa shape index (κ3) is 6.32. The summed E-state index contributed by atoms with van der Waals surface area (Å²) in [6.07, 6.45) is 3.73. The Morgan fingerprint density at radius 1 is 1.34 bits per heavy atom. The van der Waals surface area contributed by atoms with Gasteiger partial charge in [0.1, 0.15) is 5.15 Å². The average molecular weight is 423 g/mol. The Hall–Kier alpha value is -2.87. The standard InChI is InChI=1S/C20H24ClFN4O3/c1-4-5-12-26-19(21)15(13(2)25-26)10-11-18(27)23-24-20(28)14(3)29-17-9-7-6-8-16(17)22/h6-11,14H,4-5,12H2,1-3H3,(H,23,27)(H,24,28)/b11-10+. The van der Waals surface area contributed by atoms with E-state index in [1.54, 1.807) is 17.7 Å². The van der Waals surface area contributed by atoms with Crippen molar-refractivity contribution in [2.24, 2.45) is 0 Å². The number of nitrogens with one attached hydrogen (secondary N) is 2. The normalized spacial score (nSPS) is 12.0. The number of hydrazine groups is 1. The molecule has 1 aromatic carbocycles. The van der Waals surface area contributed by atoms with E-state index in [1.165, 1.54) is 37.3 Å². The van der Waals surface area contributed by atoms with Gasteiger partial charge in [0, 0.05) is 18.2 Å². The Labute approximate surface area is 173 Å². The molecule has 9 heteroatoms. The zero-order valence-corrected chi connectivity index (χ0v) is 17.3. The molecule has 2 amide bonds. The van der Waals surface area contributed by atoms with Gasteiger partial charge in [0.25, 0.3) is 11.8 Å². The van der Waals surface area contributed by atoms with E-state index in [4.69, 9.17) is 16.3 Å². The molecular formula is C20H24ClFN4O3. The van der Waals surface area contributed by atoms with Crippen molar-refractivity contribution in [3.63, 3.8) is 0 Å². The second-order valence-corrected chi connectivity index (χ2v) is 6.73. The second kappa shape index (κ2) is 10.6. The molecule has 2 rings (SSSR count). The van der Waals surface area contributed by atoms with Crippen molar-refractivity contribution in [3.8, 4) is 5.75 Å². The number of nitrogens with zero attached hydrogens (tertiary/aromatic N) is 2. The summed E-state index contributed by atoms with van der Waals surface area (Å²) in [5.74, 6) is -1.82. The van der Waals surface area contributed by atoms with Crippen molar-refractivity contribution in [1.29, 1.82) is 0 Å². The third-order valence-electron chi connectivity index (χ3n) is 4.05. The lowest BCUT2D eigenvalue weighted by Gasteiger charge is -2.15. The van der Waals surface area contributed by atoms with Crippen molar-refractivity contribution < 1.29 is 18.7 Å². The van der Waals surface area contributed by atoms with Crippen LogP contribution < -0.4 is 15.6 Å². The van der Waals surface area contributed by atoms with Crippen LogP contribution in [0.4, 0.5) is 4.39 Å². The highest BCUT2D eigenvalue weighted by molar-refractivity contribution is 6.31. The van der Waals surface area contributed by atoms with Gasteiger partial charge >= 0.3 is 0 Å². The number of rotatable bonds is 8. The monoisotopic (exact) mass is 422 g/mol. The summed E-state index contributed by atoms with van der Waals surface area (Å²) in [6, 6.07) is 5.74. The fourth-order valence-corrected chi connectivity index (χ4v) is 2.74. The smallest absolute Gasteiger partial charge is 0.279 e. The number of unbranched alkanes of at least 4 members (excludes halogenated alkanes) is 1. The molecule has 0 aliphatic heterocycles. The Kier molecular flexibility index (Phi) is 8.21. The van der Waals surface area contributed by atoms with E-state index in [1.807, 2.05) is 0 Å². The third-order valence-corrected chi connectivity index (χ3v) is 4.45. The van der Waals surface area contributed by atoms with E-state index in [0.29, 0.717) is 23.0 Å². The summed E-state index contributed by atoms with van der Waals surface area (Å²) < 4.78 is 20.5. The van der Waals surface area contributed by atoms with Gasteiger partial charge in [-0.05, 0) is 38.5 Å². The SMILES string of the molecule is CCCCn1nc(C)c(/C=C/C(=O)NNC(=O)C(C)Oc2ccccc2F)c1Cl. The molecule has 0 bridgehead atoms. The average Bonchev–Trinajstić information content (AvgIpc) is 2.97. The second-order valence-electron chi connectivity index (χ2n) is 6.37. The quantitative estimate of drug-likeness (QED) is 0.504. The zero-order chi connectivity index (χ0) is 21.4. The Bertz CT molecular complexity index is 898. The fourth-order valence-electron chi connectivity index (χ4n) is 2.42. The predicted octanol–water partition coefficient (Wildman–Crippen LogP) is 3.41. The number of aromatic nitrogens is 2. The number of amides is 2. The summed E-state index contributed by atoms with van der Waals surface area (Å²) >= 11 is 6.31. The summed E-state index contributed by atoms with van der Waals surface area (Å²) in [6.45, 7) is 6.02. The lowest BCUT2D eigenvalue weighted by atomic mass is 10.2. The number of carbonyl (C=O) groups excluding carboxylic acids is 2. The topological polar surface area (TPSA) is 85.3 Å². The van der Waals surface area contributed by atoms with Gasteiger partial charge < -0.3 is 4.74 Å².